The summed E-state index contributed by atoms with van der Waals surface area (Å²) < 4.78 is 20.8. The van der Waals surface area contributed by atoms with Crippen LogP contribution in [0.1, 0.15) is 45.2 Å². The first-order chi connectivity index (χ1) is 22.7. The van der Waals surface area contributed by atoms with Crippen molar-refractivity contribution in [1.29, 1.82) is 0 Å². The molecule has 4 heterocycles. The minimum absolute atomic E-state index is 0. The number of hydrazone groups is 2. The fraction of sp³-hybridized carbons (Fsp3) is 0.556. The Morgan fingerprint density at radius 3 is 1.90 bits per heavy atom. The molecule has 21 heteroatoms. The van der Waals surface area contributed by atoms with Crippen LogP contribution in [0.3, 0.4) is 0 Å². The highest BCUT2D eigenvalue weighted by Crippen LogP contribution is 2.14. The van der Waals surface area contributed by atoms with Crippen LogP contribution in [0.15, 0.2) is 46.9 Å². The van der Waals surface area contributed by atoms with Gasteiger partial charge in [-0.3, -0.25) is 4.90 Å². The maximum absolute atomic E-state index is 10.8. The summed E-state index contributed by atoms with van der Waals surface area (Å²) in [6.45, 7) is 7.11. The third-order valence-electron chi connectivity index (χ3n) is 5.63. The quantitative estimate of drug-likeness (QED) is 0.0985. The van der Waals surface area contributed by atoms with Gasteiger partial charge in [0.05, 0.1) is 0 Å². The molecule has 0 atom stereocenters. The van der Waals surface area contributed by atoms with Gasteiger partial charge in [0.25, 0.3) is 11.9 Å². The van der Waals surface area contributed by atoms with Crippen LogP contribution in [-0.4, -0.2) is 99.6 Å². The number of alkyl halides is 1. The van der Waals surface area contributed by atoms with E-state index in [0.717, 1.165) is 30.6 Å². The fourth-order valence-corrected chi connectivity index (χ4v) is 4.02. The number of pyridine rings is 2. The van der Waals surface area contributed by atoms with Gasteiger partial charge in [-0.05, 0) is 36.1 Å². The first kappa shape index (κ1) is 42.4. The average molecular weight is 740 g/mol. The summed E-state index contributed by atoms with van der Waals surface area (Å²) in [6, 6.07) is 7.22. The van der Waals surface area contributed by atoms with Gasteiger partial charge in [0.1, 0.15) is 60.2 Å². The van der Waals surface area contributed by atoms with Gasteiger partial charge in [-0.15, -0.1) is 0 Å². The predicted molar refractivity (Wildman–Crippen MR) is 180 cm³/mol. The molecule has 2 aromatic heterocycles. The Balaban J connectivity index is 0.000000411. The summed E-state index contributed by atoms with van der Waals surface area (Å²) in [5.74, 6) is 0.369. The highest BCUT2D eigenvalue weighted by atomic mass is 35.5. The van der Waals surface area contributed by atoms with Crippen LogP contribution in [0.4, 0.5) is 0 Å². The number of aromatic nitrogens is 2. The molecule has 18 nitrogen and oxygen atoms in total. The van der Waals surface area contributed by atoms with Crippen molar-refractivity contribution in [1.82, 2.24) is 30.0 Å². The molecule has 0 spiro atoms. The zero-order valence-corrected chi connectivity index (χ0v) is 28.1. The van der Waals surface area contributed by atoms with Crippen molar-refractivity contribution in [2.45, 2.75) is 47.2 Å². The molecule has 0 amide bonds. The van der Waals surface area contributed by atoms with Crippen molar-refractivity contribution in [3.05, 3.63) is 78.3 Å². The molecule has 2 fully saturated rings. The topological polar surface area (TPSA) is 195 Å². The normalized spacial score (nSPS) is 15.8. The second-order valence-corrected chi connectivity index (χ2v) is 10.4. The van der Waals surface area contributed by atoms with Gasteiger partial charge in [-0.1, -0.05) is 68.2 Å². The molecular formula is C27H41Cl3N10O8. The van der Waals surface area contributed by atoms with E-state index >= 15 is 0 Å². The molecule has 268 valence electrons. The number of hydrogen-bond acceptors (Lipinski definition) is 10. The van der Waals surface area contributed by atoms with Gasteiger partial charge in [-0.25, -0.2) is 30.2 Å². The smallest absolute Gasteiger partial charge is 0.279 e. The summed E-state index contributed by atoms with van der Waals surface area (Å²) in [5, 5.41) is 30.0. The molecule has 0 aromatic carbocycles. The van der Waals surface area contributed by atoms with Crippen LogP contribution >= 0.6 is 34.8 Å². The Labute approximate surface area is 293 Å². The standard InChI is InChI=1S/C13H18ClN5O4.C9H10ClN5O3.C4H9ClO.CH4/c1-2-5-22-9-18-10-23-8-17(13(18)16-19(20)21)7-11-3-4-12(14)15-6-11;10-8-2-1-7(3-11-8)4-14-6-18-5-12-9(14)13-15(16)17;1-2-3-6-4-5;/h3-4,6H,2,5,7-10H2,1H3;1-3H,4-6H2,(H,12,13);2-4H2,1H3;1H4/b16-13-;;;. The lowest BCUT2D eigenvalue weighted by atomic mass is 10.3. The zero-order chi connectivity index (χ0) is 34.4. The lowest BCUT2D eigenvalue weighted by Crippen LogP contribution is -2.52. The Kier molecular flexibility index (Phi) is 21.6. The van der Waals surface area contributed by atoms with Gasteiger partial charge >= 0.3 is 0 Å². The van der Waals surface area contributed by atoms with E-state index in [1.807, 2.05) is 13.8 Å². The Bertz CT molecular complexity index is 1280. The molecule has 0 aliphatic carbocycles. The third-order valence-corrected chi connectivity index (χ3v) is 6.23. The molecule has 48 heavy (non-hydrogen) atoms. The highest BCUT2D eigenvalue weighted by molar-refractivity contribution is 6.29. The van der Waals surface area contributed by atoms with E-state index in [0.29, 0.717) is 36.1 Å². The number of nitrogens with zero attached hydrogens (tertiary/aromatic N) is 9. The first-order valence-electron chi connectivity index (χ1n) is 14.2. The van der Waals surface area contributed by atoms with E-state index in [1.165, 1.54) is 0 Å². The summed E-state index contributed by atoms with van der Waals surface area (Å²) in [6.07, 6.45) is 5.11. The monoisotopic (exact) mass is 738 g/mol. The molecule has 2 saturated heterocycles. The first-order valence-corrected chi connectivity index (χ1v) is 15.5. The number of rotatable bonds is 13. The van der Waals surface area contributed by atoms with E-state index in [4.69, 9.17) is 53.8 Å². The minimum atomic E-state index is -0.749. The van der Waals surface area contributed by atoms with Crippen LogP contribution in [0.2, 0.25) is 10.3 Å². The lowest BCUT2D eigenvalue weighted by molar-refractivity contribution is -0.487. The largest absolute Gasteiger partial charge is 0.366 e. The number of nitrogens with one attached hydrogen (secondary N) is 1. The molecule has 0 saturated carbocycles. The van der Waals surface area contributed by atoms with Crippen molar-refractivity contribution in [2.24, 2.45) is 10.2 Å². The predicted octanol–water partition coefficient (Wildman–Crippen LogP) is 4.58. The zero-order valence-electron chi connectivity index (χ0n) is 25.9. The number of halogens is 3. The van der Waals surface area contributed by atoms with E-state index < -0.39 is 10.1 Å². The van der Waals surface area contributed by atoms with Gasteiger partial charge < -0.3 is 34.1 Å². The van der Waals surface area contributed by atoms with Gasteiger partial charge in [-0.2, -0.15) is 0 Å². The van der Waals surface area contributed by atoms with Crippen molar-refractivity contribution < 1.29 is 29.0 Å². The molecule has 0 bridgehead atoms. The van der Waals surface area contributed by atoms with Crippen LogP contribution in [0.25, 0.3) is 0 Å². The Morgan fingerprint density at radius 2 is 1.40 bits per heavy atom. The van der Waals surface area contributed by atoms with Gasteiger partial charge in [0.2, 0.25) is 0 Å². The van der Waals surface area contributed by atoms with E-state index in [-0.39, 0.29) is 53.0 Å². The average Bonchev–Trinajstić information content (AvgIpc) is 3.05. The molecular weight excluding hydrogens is 699 g/mol. The van der Waals surface area contributed by atoms with Crippen molar-refractivity contribution in [3.63, 3.8) is 0 Å². The highest BCUT2D eigenvalue weighted by Gasteiger charge is 2.28. The molecule has 0 radical (unpaired) electrons. The third kappa shape index (κ3) is 17.0. The van der Waals surface area contributed by atoms with Crippen molar-refractivity contribution in [2.75, 3.05) is 52.9 Å². The lowest BCUT2D eigenvalue weighted by Gasteiger charge is -2.36. The maximum Gasteiger partial charge on any atom is 0.279 e. The van der Waals surface area contributed by atoms with Gasteiger partial charge in [0.15, 0.2) is 10.1 Å². The van der Waals surface area contributed by atoms with E-state index in [1.54, 1.807) is 51.4 Å². The number of guanidine groups is 2. The summed E-state index contributed by atoms with van der Waals surface area (Å²) in [4.78, 5) is 34.0. The maximum atomic E-state index is 10.8. The second kappa shape index (κ2) is 24.5. The van der Waals surface area contributed by atoms with Crippen LogP contribution in [-0.2, 0) is 32.0 Å². The second-order valence-electron chi connectivity index (χ2n) is 9.38. The molecule has 2 aromatic rings. The molecule has 2 aliphatic heterocycles. The molecule has 0 unspecified atom stereocenters. The minimum Gasteiger partial charge on any atom is -0.366 e. The summed E-state index contributed by atoms with van der Waals surface area (Å²) in [7, 11) is 0. The van der Waals surface area contributed by atoms with Crippen LogP contribution in [0, 0.1) is 20.2 Å². The summed E-state index contributed by atoms with van der Waals surface area (Å²) in [5.41, 5.74) is 1.69. The molecule has 2 aliphatic rings. The number of ether oxygens (including phenoxy) is 4. The Morgan fingerprint density at radius 1 is 0.854 bits per heavy atom. The van der Waals surface area contributed by atoms with Crippen molar-refractivity contribution in [3.8, 4) is 0 Å². The number of hydrogen-bond donors (Lipinski definition) is 1. The van der Waals surface area contributed by atoms with E-state index in [2.05, 4.69) is 25.5 Å². The molecule has 4 rings (SSSR count). The van der Waals surface area contributed by atoms with Crippen LogP contribution < -0.4 is 5.32 Å². The van der Waals surface area contributed by atoms with Crippen LogP contribution in [0.5, 0.6) is 0 Å². The molecule has 1 N–H and O–H groups in total. The Hall–Kier alpha value is -3.65. The van der Waals surface area contributed by atoms with Gasteiger partial charge in [0, 0.05) is 38.7 Å². The fourth-order valence-electron chi connectivity index (χ4n) is 3.69. The SMILES string of the molecule is C.CCCOCCl.CCCOCN1COCN(Cc2ccc(Cl)nc2)/C1=N/[N+](=O)[O-].O=[N+]([O-])/N=C1\NCOCN1Cc1ccc(Cl)nc1. The number of nitro groups is 2. The van der Waals surface area contributed by atoms with Crippen molar-refractivity contribution >= 4 is 46.7 Å². The van der Waals surface area contributed by atoms with E-state index in [9.17, 15) is 20.2 Å². The summed E-state index contributed by atoms with van der Waals surface area (Å²) >= 11 is 16.6.